The number of hydrogen-bond donors (Lipinski definition) is 0. The van der Waals surface area contributed by atoms with Gasteiger partial charge in [-0.3, -0.25) is 9.59 Å². The third kappa shape index (κ3) is 25.2. The van der Waals surface area contributed by atoms with E-state index < -0.39 is 17.3 Å². The van der Waals surface area contributed by atoms with E-state index in [0.29, 0.717) is 34.7 Å². The van der Waals surface area contributed by atoms with E-state index in [0.717, 1.165) is 0 Å². The predicted octanol–water partition coefficient (Wildman–Crippen LogP) is -0.723. The Hall–Kier alpha value is -1.51. The Morgan fingerprint density at radius 3 is 1.54 bits per heavy atom. The fourth-order valence-corrected chi connectivity index (χ4v) is 1.72. The van der Waals surface area contributed by atoms with Gasteiger partial charge in [-0.15, -0.1) is 0 Å². The molecule has 0 fully saturated rings. The van der Waals surface area contributed by atoms with E-state index in [4.69, 9.17) is 25.2 Å². The first-order valence-corrected chi connectivity index (χ1v) is 10.3. The molecule has 3 aromatic heterocycles. The van der Waals surface area contributed by atoms with Gasteiger partial charge in [0.2, 0.25) is 5.24 Å². The minimum Gasteiger partial charge on any atom is -1.00 e. The van der Waals surface area contributed by atoms with E-state index in [1.54, 1.807) is 70.4 Å². The maximum absolute atomic E-state index is 11.1. The van der Waals surface area contributed by atoms with Gasteiger partial charge in [-0.25, -0.2) is 4.79 Å². The summed E-state index contributed by atoms with van der Waals surface area (Å²) >= 11 is 4.87. The first-order chi connectivity index (χ1) is 16.0. The molecule has 0 aliphatic heterocycles. The number of ether oxygens (including phenoxy) is 1. The Morgan fingerprint density at radius 1 is 0.897 bits per heavy atom. The van der Waals surface area contributed by atoms with Crippen molar-refractivity contribution in [1.29, 1.82) is 0 Å². The molecule has 0 bridgehead atoms. The molecule has 2 atom stereocenters. The normalized spacial score (nSPS) is 9.59. The van der Waals surface area contributed by atoms with Crippen molar-refractivity contribution in [2.45, 2.75) is 39.9 Å². The number of furan rings is 3. The van der Waals surface area contributed by atoms with Crippen LogP contribution in [0.5, 0.6) is 0 Å². The van der Waals surface area contributed by atoms with Crippen LogP contribution in [0.4, 0.5) is 0 Å². The van der Waals surface area contributed by atoms with Crippen LogP contribution in [0.15, 0.2) is 92.7 Å². The molecule has 3 aromatic rings. The predicted molar refractivity (Wildman–Crippen MR) is 143 cm³/mol. The summed E-state index contributed by atoms with van der Waals surface area (Å²) in [6.07, 6.45) is 4.08. The second kappa shape index (κ2) is 29.5. The van der Waals surface area contributed by atoms with Crippen molar-refractivity contribution in [3.63, 3.8) is 0 Å². The van der Waals surface area contributed by atoms with Crippen molar-refractivity contribution in [1.82, 2.24) is 0 Å². The molecule has 13 heteroatoms. The third-order valence-corrected chi connectivity index (χ3v) is 3.84. The summed E-state index contributed by atoms with van der Waals surface area (Å²) in [7, 11) is 0. The molecule has 39 heavy (non-hydrogen) atoms. The molecule has 0 saturated heterocycles. The van der Waals surface area contributed by atoms with E-state index in [2.05, 4.69) is 17.6 Å². The molecule has 0 aliphatic rings. The molecule has 0 amide bonds. The van der Waals surface area contributed by atoms with Crippen molar-refractivity contribution in [3.05, 3.63) is 104 Å². The summed E-state index contributed by atoms with van der Waals surface area (Å²) < 4.78 is 19.5. The van der Waals surface area contributed by atoms with Crippen LogP contribution in [-0.4, -0.2) is 63.6 Å². The van der Waals surface area contributed by atoms with Crippen LogP contribution in [0.3, 0.4) is 0 Å². The Morgan fingerprint density at radius 2 is 1.31 bits per heavy atom. The van der Waals surface area contributed by atoms with Gasteiger partial charge in [0.15, 0.2) is 18.2 Å². The zero-order valence-electron chi connectivity index (χ0n) is 22.7. The van der Waals surface area contributed by atoms with Gasteiger partial charge in [-0.1, -0.05) is 26.2 Å². The van der Waals surface area contributed by atoms with E-state index in [9.17, 15) is 19.5 Å². The first kappa shape index (κ1) is 50.3. The zero-order chi connectivity index (χ0) is 26.1. The quantitative estimate of drug-likeness (QED) is 0.0878. The molecule has 2 unspecified atom stereocenters. The molecule has 0 spiro atoms. The largest absolute Gasteiger partial charge is 2.00 e. The Kier molecular flexibility index (Phi) is 38.0. The average molecular weight is 626 g/mol. The van der Waals surface area contributed by atoms with Gasteiger partial charge < -0.3 is 55.3 Å². The average Bonchev–Trinajstić information content (AvgIpc) is 3.58. The van der Waals surface area contributed by atoms with E-state index in [1.165, 1.54) is 12.5 Å². The SMILES string of the molecule is C=C(C)C(=O)Cl.C=C(C)C(=O)OC(C)c1ccco1.CC([O-])c1ccco1.O=Cc1ccco1.[CH3-].[Cl-].[Cl-].[Mg+2].[Mg+2]. The topological polar surface area (TPSA) is 123 Å². The Labute approximate surface area is 279 Å². The second-order valence-electron chi connectivity index (χ2n) is 6.69. The number of carbonyl (C=O) groups excluding carboxylic acids is 3. The third-order valence-electron chi connectivity index (χ3n) is 3.51. The monoisotopic (exact) mass is 624 g/mol. The molecule has 3 heterocycles. The van der Waals surface area contributed by atoms with Crippen LogP contribution in [0, 0.1) is 7.43 Å². The minimum absolute atomic E-state index is 0. The van der Waals surface area contributed by atoms with Crippen LogP contribution in [0.25, 0.3) is 0 Å². The van der Waals surface area contributed by atoms with Crippen LogP contribution in [0.1, 0.15) is 62.0 Å². The summed E-state index contributed by atoms with van der Waals surface area (Å²) in [4.78, 5) is 30.7. The van der Waals surface area contributed by atoms with Gasteiger partial charge in [0.1, 0.15) is 5.76 Å². The number of hydrogen-bond acceptors (Lipinski definition) is 8. The fourth-order valence-electron chi connectivity index (χ4n) is 1.72. The summed E-state index contributed by atoms with van der Waals surface area (Å²) in [6, 6.07) is 10.2. The van der Waals surface area contributed by atoms with Gasteiger partial charge in [0.05, 0.1) is 24.5 Å². The molecule has 0 saturated carbocycles. The maximum Gasteiger partial charge on any atom is 2.00 e. The van der Waals surface area contributed by atoms with Crippen molar-refractivity contribution in [2.24, 2.45) is 0 Å². The smallest absolute Gasteiger partial charge is 1.00 e. The molecule has 0 N–H and O–H groups in total. The molecule has 0 aromatic carbocycles. The van der Waals surface area contributed by atoms with Crippen molar-refractivity contribution in [3.8, 4) is 0 Å². The van der Waals surface area contributed by atoms with Crippen LogP contribution >= 0.6 is 11.6 Å². The van der Waals surface area contributed by atoms with Gasteiger partial charge in [0.25, 0.3) is 0 Å². The standard InChI is InChI=1S/C10H12O3.C6H7O2.C5H4O2.C4H5ClO.CH3.2ClH.2Mg/c1-7(2)10(11)13-8(3)9-5-4-6-12-9;1-5(7)6-3-2-4-8-6;6-4-5-2-1-3-7-5;1-3(2)4(5)6;;;;;/h4-6,8H,1H2,2-3H3;2-5H,1H3;1-4H;1H2,2H3;1H3;2*1H;;/q;-1;;;-1;;;2*+2/p-2. The molecule has 8 nitrogen and oxygen atoms in total. The van der Waals surface area contributed by atoms with Crippen LogP contribution < -0.4 is 29.9 Å². The summed E-state index contributed by atoms with van der Waals surface area (Å²) in [5.41, 5.74) is 0.773. The molecule has 0 aliphatic carbocycles. The van der Waals surface area contributed by atoms with Gasteiger partial charge in [-0.05, 0) is 68.8 Å². The number of halogens is 3. The number of carbonyl (C=O) groups is 3. The summed E-state index contributed by atoms with van der Waals surface area (Å²) in [6.45, 7) is 13.2. The second-order valence-corrected chi connectivity index (χ2v) is 7.03. The number of allylic oxidation sites excluding steroid dienone is 1. The van der Waals surface area contributed by atoms with Gasteiger partial charge >= 0.3 is 52.1 Å². The van der Waals surface area contributed by atoms with Crippen molar-refractivity contribution < 1.29 is 62.3 Å². The van der Waals surface area contributed by atoms with Gasteiger partial charge in [0, 0.05) is 11.1 Å². The van der Waals surface area contributed by atoms with E-state index in [-0.39, 0.29) is 84.5 Å². The number of aldehydes is 1. The van der Waals surface area contributed by atoms with Crippen LogP contribution in [-0.2, 0) is 14.3 Å². The maximum atomic E-state index is 11.1. The number of rotatable bonds is 6. The Bertz CT molecular complexity index is 992. The number of esters is 1. The molecule has 208 valence electrons. The van der Waals surface area contributed by atoms with E-state index in [1.807, 2.05) is 0 Å². The molecular weight excluding hydrogens is 595 g/mol. The molecular formula is C26H31Cl3Mg2O8. The Balaban J connectivity index is -0.0000000931. The minimum atomic E-state index is -0.731. The van der Waals surface area contributed by atoms with Crippen molar-refractivity contribution >= 4 is 75.2 Å². The zero-order valence-corrected chi connectivity index (χ0v) is 27.8. The molecule has 3 rings (SSSR count). The summed E-state index contributed by atoms with van der Waals surface area (Å²) in [5, 5.41) is 10.0. The summed E-state index contributed by atoms with van der Waals surface area (Å²) in [5.74, 6) is 1.11. The van der Waals surface area contributed by atoms with Crippen molar-refractivity contribution in [2.75, 3.05) is 0 Å². The first-order valence-electron chi connectivity index (χ1n) is 9.92. The molecule has 0 radical (unpaired) electrons. The fraction of sp³-hybridized carbons (Fsp3) is 0.231. The van der Waals surface area contributed by atoms with Crippen LogP contribution in [0.2, 0.25) is 0 Å². The van der Waals surface area contributed by atoms with Gasteiger partial charge in [-0.2, -0.15) is 0 Å². The van der Waals surface area contributed by atoms with E-state index >= 15 is 0 Å².